The molecule has 7 heteroatoms. The minimum absolute atomic E-state index is 0.682. The quantitative estimate of drug-likeness (QED) is 0.144. The van der Waals surface area contributed by atoms with Crippen molar-refractivity contribution in [2.45, 2.75) is 0 Å². The lowest BCUT2D eigenvalue weighted by molar-refractivity contribution is 1.11. The molecule has 70 heavy (non-hydrogen) atoms. The van der Waals surface area contributed by atoms with Gasteiger partial charge in [0.2, 0.25) is 5.78 Å². The second kappa shape index (κ2) is 17.2. The molecule has 0 aliphatic carbocycles. The highest BCUT2D eigenvalue weighted by atomic mass is 15.2. The van der Waals surface area contributed by atoms with Crippen molar-refractivity contribution in [3.05, 3.63) is 249 Å². The fraction of sp³-hybridized carbons (Fsp3) is 0. The molecule has 0 radical (unpaired) electrons. The number of aromatic nitrogens is 7. The summed E-state index contributed by atoms with van der Waals surface area (Å²) in [6.07, 6.45) is 0. The van der Waals surface area contributed by atoms with E-state index < -0.39 is 0 Å². The van der Waals surface area contributed by atoms with Crippen molar-refractivity contribution in [2.75, 3.05) is 0 Å². The third-order valence-electron chi connectivity index (χ3n) is 13.0. The van der Waals surface area contributed by atoms with Crippen molar-refractivity contribution >= 4 is 27.8 Å². The van der Waals surface area contributed by atoms with E-state index in [4.69, 9.17) is 24.9 Å². The van der Waals surface area contributed by atoms with E-state index in [0.29, 0.717) is 11.6 Å². The Kier molecular flexibility index (Phi) is 10.0. The van der Waals surface area contributed by atoms with Gasteiger partial charge in [-0.25, -0.2) is 24.9 Å². The van der Waals surface area contributed by atoms with E-state index in [1.165, 1.54) is 0 Å². The van der Waals surface area contributed by atoms with Gasteiger partial charge in [-0.1, -0.05) is 200 Å². The van der Waals surface area contributed by atoms with Crippen molar-refractivity contribution in [1.29, 1.82) is 0 Å². The SMILES string of the molecule is c1ccc(-c2cc(-c3ccccc3)nc(-c3ccc(-c4ccc5nc6n(-c7ccccc7)c7ccc(-c8ccc(-c9nc(-c%10ccccc%10)cc(-c%10ccccc%10)n9)cc8)cc7n6c5c4)cc3)n2)cc1. The van der Waals surface area contributed by atoms with Gasteiger partial charge in [0.05, 0.1) is 44.8 Å². The molecule has 0 N–H and O–H groups in total. The first-order chi connectivity index (χ1) is 34.7. The van der Waals surface area contributed by atoms with E-state index in [0.717, 1.165) is 112 Å². The van der Waals surface area contributed by atoms with E-state index >= 15 is 0 Å². The summed E-state index contributed by atoms with van der Waals surface area (Å²) in [5.74, 6) is 2.22. The maximum absolute atomic E-state index is 5.28. The van der Waals surface area contributed by atoms with E-state index in [1.807, 2.05) is 78.9 Å². The molecule has 0 atom stereocenters. The molecule has 0 saturated carbocycles. The van der Waals surface area contributed by atoms with Crippen LogP contribution in [0.1, 0.15) is 0 Å². The molecular formula is C63H41N7. The van der Waals surface area contributed by atoms with Gasteiger partial charge in [0, 0.05) is 39.1 Å². The Morgan fingerprint density at radius 2 is 0.600 bits per heavy atom. The van der Waals surface area contributed by atoms with E-state index in [9.17, 15) is 0 Å². The highest BCUT2D eigenvalue weighted by molar-refractivity contribution is 5.96. The third kappa shape index (κ3) is 7.48. The topological polar surface area (TPSA) is 73.8 Å². The van der Waals surface area contributed by atoms with Gasteiger partial charge < -0.3 is 0 Å². The second-order valence-electron chi connectivity index (χ2n) is 17.4. The summed E-state index contributed by atoms with van der Waals surface area (Å²) in [6.45, 7) is 0. The highest BCUT2D eigenvalue weighted by Gasteiger charge is 2.20. The number of benzene rings is 9. The summed E-state index contributed by atoms with van der Waals surface area (Å²) in [5, 5.41) is 0. The molecule has 0 unspecified atom stereocenters. The Bertz CT molecular complexity index is 3890. The van der Waals surface area contributed by atoms with Gasteiger partial charge in [0.1, 0.15) is 0 Å². The van der Waals surface area contributed by atoms with Gasteiger partial charge in [-0.3, -0.25) is 8.97 Å². The fourth-order valence-corrected chi connectivity index (χ4v) is 9.44. The zero-order valence-corrected chi connectivity index (χ0v) is 37.8. The van der Waals surface area contributed by atoms with Crippen LogP contribution in [0.15, 0.2) is 249 Å². The van der Waals surface area contributed by atoms with Crippen LogP contribution in [0, 0.1) is 0 Å². The van der Waals surface area contributed by atoms with Crippen molar-refractivity contribution in [3.63, 3.8) is 0 Å². The molecule has 0 aliphatic heterocycles. The largest absolute Gasteiger partial charge is 0.278 e. The van der Waals surface area contributed by atoms with Crippen molar-refractivity contribution < 1.29 is 0 Å². The third-order valence-corrected chi connectivity index (χ3v) is 13.0. The average Bonchev–Trinajstić information content (AvgIpc) is 3.98. The van der Waals surface area contributed by atoms with Crippen LogP contribution >= 0.6 is 0 Å². The van der Waals surface area contributed by atoms with Gasteiger partial charge in [0.15, 0.2) is 11.6 Å². The van der Waals surface area contributed by atoms with Crippen LogP contribution < -0.4 is 0 Å². The monoisotopic (exact) mass is 895 g/mol. The Morgan fingerprint density at radius 1 is 0.243 bits per heavy atom. The van der Waals surface area contributed by atoms with Gasteiger partial charge in [0.25, 0.3) is 0 Å². The van der Waals surface area contributed by atoms with E-state index in [2.05, 4.69) is 179 Å². The average molecular weight is 896 g/mol. The molecule has 0 bridgehead atoms. The Labute approximate surface area is 404 Å². The standard InChI is InChI=1S/C63H41N7/c1-6-16-44(17-7-1)54-40-55(45-18-8-2-9-19-45)65-61(64-54)48-30-26-42(27-31-48)50-34-36-53-59(38-50)70-60-39-51(35-37-58(60)69(63(70)68-53)52-24-14-5-15-25-52)43-28-32-49(33-29-43)62-66-56(46-20-10-3-11-21-46)41-57(67-62)47-22-12-4-13-23-47/h1-41H. The molecule has 7 nitrogen and oxygen atoms in total. The number of imidazole rings is 2. The molecule has 328 valence electrons. The molecule has 0 aliphatic rings. The maximum Gasteiger partial charge on any atom is 0.220 e. The number of hydrogen-bond acceptors (Lipinski definition) is 5. The molecule has 13 rings (SSSR count). The Morgan fingerprint density at radius 3 is 1.03 bits per heavy atom. The predicted octanol–water partition coefficient (Wildman–Crippen LogP) is 15.3. The second-order valence-corrected chi connectivity index (χ2v) is 17.4. The van der Waals surface area contributed by atoms with Crippen LogP contribution in [-0.2, 0) is 0 Å². The molecule has 13 aromatic rings. The zero-order chi connectivity index (χ0) is 46.4. The number of nitrogens with zero attached hydrogens (tertiary/aromatic N) is 7. The smallest absolute Gasteiger partial charge is 0.220 e. The first-order valence-electron chi connectivity index (χ1n) is 23.4. The van der Waals surface area contributed by atoms with Crippen LogP contribution in [-0.4, -0.2) is 33.9 Å². The van der Waals surface area contributed by atoms with Gasteiger partial charge in [-0.15, -0.1) is 0 Å². The summed E-state index contributed by atoms with van der Waals surface area (Å²) in [4.78, 5) is 25.6. The number of hydrogen-bond donors (Lipinski definition) is 0. The van der Waals surface area contributed by atoms with Crippen LogP contribution in [0.2, 0.25) is 0 Å². The lowest BCUT2D eigenvalue weighted by atomic mass is 10.0. The summed E-state index contributed by atoms with van der Waals surface area (Å²) in [7, 11) is 0. The normalized spacial score (nSPS) is 11.4. The van der Waals surface area contributed by atoms with Crippen LogP contribution in [0.25, 0.3) is 124 Å². The lowest BCUT2D eigenvalue weighted by Gasteiger charge is -2.10. The van der Waals surface area contributed by atoms with Crippen LogP contribution in [0.3, 0.4) is 0 Å². The summed E-state index contributed by atoms with van der Waals surface area (Å²) < 4.78 is 4.56. The van der Waals surface area contributed by atoms with E-state index in [1.54, 1.807) is 0 Å². The summed E-state index contributed by atoms with van der Waals surface area (Å²) in [5.41, 5.74) is 19.1. The maximum atomic E-state index is 5.28. The van der Waals surface area contributed by atoms with Gasteiger partial charge in [-0.2, -0.15) is 0 Å². The highest BCUT2D eigenvalue weighted by Crippen LogP contribution is 2.36. The van der Waals surface area contributed by atoms with Crippen LogP contribution in [0.5, 0.6) is 0 Å². The fourth-order valence-electron chi connectivity index (χ4n) is 9.44. The molecule has 9 aromatic carbocycles. The predicted molar refractivity (Wildman–Crippen MR) is 284 cm³/mol. The molecule has 0 amide bonds. The lowest BCUT2D eigenvalue weighted by Crippen LogP contribution is -1.96. The first kappa shape index (κ1) is 40.7. The molecule has 0 saturated heterocycles. The molecule has 0 fully saturated rings. The molecule has 0 spiro atoms. The van der Waals surface area contributed by atoms with E-state index in [-0.39, 0.29) is 0 Å². The minimum Gasteiger partial charge on any atom is -0.278 e. The Hall–Kier alpha value is -9.59. The number of fused-ring (bicyclic) bond motifs is 5. The van der Waals surface area contributed by atoms with Crippen LogP contribution in [0.4, 0.5) is 0 Å². The number of para-hydroxylation sites is 1. The molecule has 4 heterocycles. The molecular weight excluding hydrogens is 855 g/mol. The van der Waals surface area contributed by atoms with Crippen molar-refractivity contribution in [2.24, 2.45) is 0 Å². The number of rotatable bonds is 9. The molecule has 4 aromatic heterocycles. The first-order valence-corrected chi connectivity index (χ1v) is 23.4. The zero-order valence-electron chi connectivity index (χ0n) is 37.8. The van der Waals surface area contributed by atoms with Crippen molar-refractivity contribution in [1.82, 2.24) is 33.9 Å². The summed E-state index contributed by atoms with van der Waals surface area (Å²) in [6, 6.07) is 86.2. The Balaban J connectivity index is 0.886. The van der Waals surface area contributed by atoms with Crippen molar-refractivity contribution in [3.8, 4) is 95.7 Å². The summed E-state index contributed by atoms with van der Waals surface area (Å²) >= 11 is 0. The van der Waals surface area contributed by atoms with Gasteiger partial charge in [-0.05, 0) is 70.8 Å². The van der Waals surface area contributed by atoms with Gasteiger partial charge >= 0.3 is 0 Å². The minimum atomic E-state index is 0.682.